The van der Waals surface area contributed by atoms with Crippen molar-refractivity contribution in [1.82, 2.24) is 0 Å². The van der Waals surface area contributed by atoms with Crippen LogP contribution < -0.4 is 5.32 Å². The first kappa shape index (κ1) is 14.8. The first-order valence-electron chi connectivity index (χ1n) is 5.42. The molecule has 0 heterocycles. The molecular formula is C12H16FNO3S. The molecule has 6 heteroatoms. The molecule has 1 rings (SSSR count). The Bertz CT molecular complexity index is 424. The number of aliphatic hydroxyl groups is 1. The third-order valence-electron chi connectivity index (χ3n) is 2.64. The van der Waals surface area contributed by atoms with Crippen LogP contribution >= 0.6 is 11.8 Å². The van der Waals surface area contributed by atoms with Crippen molar-refractivity contribution in [3.63, 3.8) is 0 Å². The Morgan fingerprint density at radius 2 is 2.22 bits per heavy atom. The molecule has 0 amide bonds. The summed E-state index contributed by atoms with van der Waals surface area (Å²) in [6.45, 7) is 1.82. The number of halogens is 1. The molecule has 0 aliphatic heterocycles. The van der Waals surface area contributed by atoms with E-state index < -0.39 is 11.8 Å². The van der Waals surface area contributed by atoms with E-state index in [2.05, 4.69) is 5.32 Å². The van der Waals surface area contributed by atoms with Crippen molar-refractivity contribution in [3.8, 4) is 0 Å². The summed E-state index contributed by atoms with van der Waals surface area (Å²) < 4.78 is 13.0. The fourth-order valence-corrected chi connectivity index (χ4v) is 2.22. The molecule has 1 aromatic carbocycles. The van der Waals surface area contributed by atoms with E-state index in [0.29, 0.717) is 5.69 Å². The average molecular weight is 273 g/mol. The summed E-state index contributed by atoms with van der Waals surface area (Å²) in [6, 6.07) is 3.44. The Morgan fingerprint density at radius 1 is 1.56 bits per heavy atom. The lowest BCUT2D eigenvalue weighted by Crippen LogP contribution is -2.31. The molecular weight excluding hydrogens is 257 g/mol. The summed E-state index contributed by atoms with van der Waals surface area (Å²) in [5, 5.41) is 21.1. The molecule has 4 nitrogen and oxygen atoms in total. The van der Waals surface area contributed by atoms with Crippen LogP contribution in [0.3, 0.4) is 0 Å². The summed E-state index contributed by atoms with van der Waals surface area (Å²) in [7, 11) is 0. The number of benzene rings is 1. The van der Waals surface area contributed by atoms with Crippen molar-refractivity contribution in [2.75, 3.05) is 18.2 Å². The number of carboxylic acids is 1. The third kappa shape index (κ3) is 3.61. The molecule has 2 unspecified atom stereocenters. The van der Waals surface area contributed by atoms with Gasteiger partial charge >= 0.3 is 5.97 Å². The van der Waals surface area contributed by atoms with Crippen LogP contribution in [0.2, 0.25) is 0 Å². The molecule has 2 atom stereocenters. The van der Waals surface area contributed by atoms with Gasteiger partial charge in [-0.2, -0.15) is 11.8 Å². The Balaban J connectivity index is 2.93. The second kappa shape index (κ2) is 6.61. The zero-order chi connectivity index (χ0) is 13.7. The Kier molecular flexibility index (Phi) is 5.43. The van der Waals surface area contributed by atoms with Gasteiger partial charge in [0, 0.05) is 17.0 Å². The largest absolute Gasteiger partial charge is 0.478 e. The topological polar surface area (TPSA) is 69.6 Å². The lowest BCUT2D eigenvalue weighted by atomic mass is 10.1. The molecule has 0 radical (unpaired) electrons. The molecule has 100 valence electrons. The number of rotatable bonds is 6. The van der Waals surface area contributed by atoms with Gasteiger partial charge in [-0.05, 0) is 31.4 Å². The van der Waals surface area contributed by atoms with Crippen molar-refractivity contribution in [2.24, 2.45) is 0 Å². The van der Waals surface area contributed by atoms with Gasteiger partial charge in [0.05, 0.1) is 12.2 Å². The molecule has 0 aliphatic carbocycles. The highest BCUT2D eigenvalue weighted by Gasteiger charge is 2.18. The number of anilines is 1. The van der Waals surface area contributed by atoms with Crippen molar-refractivity contribution < 1.29 is 19.4 Å². The van der Waals surface area contributed by atoms with E-state index in [9.17, 15) is 9.18 Å². The van der Waals surface area contributed by atoms with E-state index in [4.69, 9.17) is 10.2 Å². The van der Waals surface area contributed by atoms with Gasteiger partial charge in [0.15, 0.2) is 0 Å². The minimum atomic E-state index is -1.19. The van der Waals surface area contributed by atoms with Gasteiger partial charge in [0.1, 0.15) is 5.82 Å². The third-order valence-corrected chi connectivity index (χ3v) is 3.80. The van der Waals surface area contributed by atoms with Crippen LogP contribution in [0.25, 0.3) is 0 Å². The smallest absolute Gasteiger partial charge is 0.337 e. The van der Waals surface area contributed by atoms with Crippen LogP contribution in [0.1, 0.15) is 17.3 Å². The number of carboxylic acid groups (broad SMARTS) is 1. The zero-order valence-corrected chi connectivity index (χ0v) is 11.0. The highest BCUT2D eigenvalue weighted by molar-refractivity contribution is 7.99. The van der Waals surface area contributed by atoms with Crippen molar-refractivity contribution >= 4 is 23.4 Å². The Morgan fingerprint density at radius 3 is 2.72 bits per heavy atom. The number of nitrogens with one attached hydrogen (secondary N) is 1. The maximum atomic E-state index is 13.0. The summed E-state index contributed by atoms with van der Waals surface area (Å²) in [5.74, 6) is -1.77. The molecule has 18 heavy (non-hydrogen) atoms. The zero-order valence-electron chi connectivity index (χ0n) is 10.2. The lowest BCUT2D eigenvalue weighted by Gasteiger charge is -2.23. The lowest BCUT2D eigenvalue weighted by molar-refractivity contribution is 0.0697. The molecule has 0 aliphatic rings. The molecule has 1 aromatic rings. The van der Waals surface area contributed by atoms with Crippen molar-refractivity contribution in [1.29, 1.82) is 0 Å². The minimum absolute atomic E-state index is 0.0149. The van der Waals surface area contributed by atoms with Gasteiger partial charge in [-0.25, -0.2) is 9.18 Å². The second-order valence-electron chi connectivity index (χ2n) is 3.88. The molecule has 0 bridgehead atoms. The van der Waals surface area contributed by atoms with E-state index >= 15 is 0 Å². The number of hydrogen-bond donors (Lipinski definition) is 3. The monoisotopic (exact) mass is 273 g/mol. The van der Waals surface area contributed by atoms with Gasteiger partial charge in [-0.15, -0.1) is 0 Å². The number of carbonyl (C=O) groups is 1. The standard InChI is InChI=1S/C12H16FNO3S/c1-7(11(6-15)18-2)14-10-4-3-8(13)5-9(10)12(16)17/h3-5,7,11,14-15H,6H2,1-2H3,(H,16,17). The summed E-state index contributed by atoms with van der Waals surface area (Å²) in [5.41, 5.74) is 0.239. The molecule has 0 spiro atoms. The second-order valence-corrected chi connectivity index (χ2v) is 4.96. The van der Waals surface area contributed by atoms with Crippen LogP contribution in [-0.4, -0.2) is 40.3 Å². The van der Waals surface area contributed by atoms with Gasteiger partial charge in [-0.1, -0.05) is 0 Å². The molecule has 0 fully saturated rings. The molecule has 0 saturated heterocycles. The van der Waals surface area contributed by atoms with Crippen molar-refractivity contribution in [3.05, 3.63) is 29.6 Å². The van der Waals surface area contributed by atoms with E-state index in [0.717, 1.165) is 6.07 Å². The normalized spacial score (nSPS) is 14.0. The summed E-state index contributed by atoms with van der Waals surface area (Å²) >= 11 is 1.48. The predicted molar refractivity (Wildman–Crippen MR) is 70.8 cm³/mol. The number of hydrogen-bond acceptors (Lipinski definition) is 4. The minimum Gasteiger partial charge on any atom is -0.478 e. The van der Waals surface area contributed by atoms with Gasteiger partial charge in [0.25, 0.3) is 0 Å². The predicted octanol–water partition coefficient (Wildman–Crippen LogP) is 2.05. The van der Waals surface area contributed by atoms with Crippen molar-refractivity contribution in [2.45, 2.75) is 18.2 Å². The summed E-state index contributed by atoms with van der Waals surface area (Å²) in [6.07, 6.45) is 1.86. The van der Waals surface area contributed by atoms with E-state index in [1.54, 1.807) is 0 Å². The Hall–Kier alpha value is -1.27. The van der Waals surface area contributed by atoms with E-state index in [-0.39, 0.29) is 23.5 Å². The SMILES string of the molecule is CSC(CO)C(C)Nc1ccc(F)cc1C(=O)O. The van der Waals surface area contributed by atoms with Gasteiger partial charge in [-0.3, -0.25) is 0 Å². The quantitative estimate of drug-likeness (QED) is 0.740. The van der Waals surface area contributed by atoms with Crippen LogP contribution in [0.5, 0.6) is 0 Å². The Labute approximate surface area is 109 Å². The average Bonchev–Trinajstić information content (AvgIpc) is 2.32. The fraction of sp³-hybridized carbons (Fsp3) is 0.417. The summed E-state index contributed by atoms with van der Waals surface area (Å²) in [4.78, 5) is 11.0. The first-order valence-corrected chi connectivity index (χ1v) is 6.71. The van der Waals surface area contributed by atoms with Crippen LogP contribution in [0.4, 0.5) is 10.1 Å². The molecule has 0 saturated carbocycles. The van der Waals surface area contributed by atoms with E-state index in [1.807, 2.05) is 13.2 Å². The maximum absolute atomic E-state index is 13.0. The fourth-order valence-electron chi connectivity index (χ4n) is 1.59. The van der Waals surface area contributed by atoms with Crippen LogP contribution in [0, 0.1) is 5.82 Å². The highest BCUT2D eigenvalue weighted by Crippen LogP contribution is 2.21. The van der Waals surface area contributed by atoms with E-state index in [1.165, 1.54) is 23.9 Å². The molecule has 3 N–H and O–H groups in total. The van der Waals surface area contributed by atoms with Gasteiger partial charge in [0.2, 0.25) is 0 Å². The first-order chi connectivity index (χ1) is 8.49. The number of aliphatic hydroxyl groups excluding tert-OH is 1. The molecule has 0 aromatic heterocycles. The number of thioether (sulfide) groups is 1. The number of aromatic carboxylic acids is 1. The van der Waals surface area contributed by atoms with Crippen LogP contribution in [-0.2, 0) is 0 Å². The van der Waals surface area contributed by atoms with Crippen LogP contribution in [0.15, 0.2) is 18.2 Å². The van der Waals surface area contributed by atoms with Gasteiger partial charge < -0.3 is 15.5 Å². The highest BCUT2D eigenvalue weighted by atomic mass is 32.2. The maximum Gasteiger partial charge on any atom is 0.337 e.